The largest absolute Gasteiger partial charge is 0.480 e. The molecule has 1 unspecified atom stereocenters. The lowest BCUT2D eigenvalue weighted by Gasteiger charge is -2.24. The number of carboxylic acid groups (broad SMARTS) is 1. The number of sulfonamides is 1. The molecule has 0 aliphatic heterocycles. The van der Waals surface area contributed by atoms with Gasteiger partial charge in [0.15, 0.2) is 0 Å². The second-order valence-electron chi connectivity index (χ2n) is 7.53. The number of likely N-dealkylation sites (N-methyl/N-ethyl adjacent to an activating group) is 1. The van der Waals surface area contributed by atoms with E-state index >= 15 is 0 Å². The topological polar surface area (TPSA) is 139 Å². The lowest BCUT2D eigenvalue weighted by atomic mass is 10.2. The number of aliphatic carboxylic acids is 1. The lowest BCUT2D eigenvalue weighted by molar-refractivity contribution is -0.142. The van der Waals surface area contributed by atoms with E-state index in [2.05, 4.69) is 0 Å². The van der Waals surface area contributed by atoms with Crippen molar-refractivity contribution < 1.29 is 36.2 Å². The SMILES string of the molecule is CN(C(CCn1c(=O)cc(C(F)(F)F)[nH]c1=O)C(=O)O)S(=O)(=O)c1ccc(Oc2ccccc2)cc1. The smallest absolute Gasteiger partial charge is 0.431 e. The minimum atomic E-state index is -4.96. The van der Waals surface area contributed by atoms with E-state index < -0.39 is 58.1 Å². The van der Waals surface area contributed by atoms with E-state index in [1.54, 1.807) is 30.3 Å². The van der Waals surface area contributed by atoms with Gasteiger partial charge in [0.25, 0.3) is 5.56 Å². The van der Waals surface area contributed by atoms with E-state index in [0.29, 0.717) is 20.4 Å². The van der Waals surface area contributed by atoms with E-state index in [0.717, 1.165) is 7.05 Å². The summed E-state index contributed by atoms with van der Waals surface area (Å²) < 4.78 is 70.8. The first-order valence-corrected chi connectivity index (χ1v) is 11.7. The number of para-hydroxylation sites is 1. The number of benzene rings is 2. The van der Waals surface area contributed by atoms with Crippen LogP contribution in [0.15, 0.2) is 75.1 Å². The molecule has 0 saturated heterocycles. The first-order chi connectivity index (χ1) is 16.8. The molecule has 10 nitrogen and oxygen atoms in total. The van der Waals surface area contributed by atoms with Crippen molar-refractivity contribution in [1.29, 1.82) is 0 Å². The average Bonchev–Trinajstić information content (AvgIpc) is 2.80. The Bertz CT molecular complexity index is 1420. The standard InChI is InChI=1S/C22H20F3N3O7S/c1-27(36(33,34)16-9-7-15(8-10-16)35-14-5-3-2-4-6-14)17(20(30)31)11-12-28-19(29)13-18(22(23,24)25)26-21(28)32/h2-10,13,17H,11-12H2,1H3,(H,26,32)(H,30,31). The Morgan fingerprint density at radius 2 is 1.67 bits per heavy atom. The summed E-state index contributed by atoms with van der Waals surface area (Å²) >= 11 is 0. The molecule has 0 radical (unpaired) electrons. The van der Waals surface area contributed by atoms with Crippen LogP contribution in [0.25, 0.3) is 0 Å². The van der Waals surface area contributed by atoms with Crippen molar-refractivity contribution in [3.63, 3.8) is 0 Å². The highest BCUT2D eigenvalue weighted by Crippen LogP contribution is 2.26. The number of carbonyl (C=O) groups is 1. The van der Waals surface area contributed by atoms with Crippen LogP contribution in [0.2, 0.25) is 0 Å². The quantitative estimate of drug-likeness (QED) is 0.436. The van der Waals surface area contributed by atoms with Gasteiger partial charge in [-0.05, 0) is 42.8 Å². The number of aromatic amines is 1. The Kier molecular flexibility index (Phi) is 7.69. The Morgan fingerprint density at radius 3 is 2.19 bits per heavy atom. The molecule has 3 rings (SSSR count). The number of nitrogens with zero attached hydrogens (tertiary/aromatic N) is 2. The second kappa shape index (κ2) is 10.4. The minimum Gasteiger partial charge on any atom is -0.480 e. The van der Waals surface area contributed by atoms with Crippen molar-refractivity contribution in [2.24, 2.45) is 0 Å². The zero-order chi connectivity index (χ0) is 26.7. The normalized spacial score (nSPS) is 12.9. The highest BCUT2D eigenvalue weighted by Gasteiger charge is 2.34. The number of halogens is 3. The third-order valence-corrected chi connectivity index (χ3v) is 7.04. The molecule has 2 aromatic carbocycles. The first kappa shape index (κ1) is 26.7. The molecule has 0 saturated carbocycles. The molecular formula is C22H20F3N3O7S. The van der Waals surface area contributed by atoms with Crippen molar-refractivity contribution in [2.45, 2.75) is 30.1 Å². The van der Waals surface area contributed by atoms with Crippen LogP contribution in [-0.4, -0.2) is 46.4 Å². The summed E-state index contributed by atoms with van der Waals surface area (Å²) in [7, 11) is -3.35. The molecule has 2 N–H and O–H groups in total. The molecule has 0 spiro atoms. The number of H-pyrrole nitrogens is 1. The van der Waals surface area contributed by atoms with Gasteiger partial charge in [0.2, 0.25) is 10.0 Å². The van der Waals surface area contributed by atoms with Crippen LogP contribution >= 0.6 is 0 Å². The Balaban J connectivity index is 1.79. The van der Waals surface area contributed by atoms with Crippen molar-refractivity contribution in [2.75, 3.05) is 7.05 Å². The van der Waals surface area contributed by atoms with E-state index in [4.69, 9.17) is 4.74 Å². The van der Waals surface area contributed by atoms with Crippen LogP contribution in [-0.2, 0) is 27.5 Å². The van der Waals surface area contributed by atoms with Gasteiger partial charge in [0, 0.05) is 19.7 Å². The van der Waals surface area contributed by atoms with Crippen molar-refractivity contribution in [3.8, 4) is 11.5 Å². The Morgan fingerprint density at radius 1 is 1.08 bits per heavy atom. The number of carboxylic acids is 1. The number of aromatic nitrogens is 2. The lowest BCUT2D eigenvalue weighted by Crippen LogP contribution is -2.45. The van der Waals surface area contributed by atoms with E-state index in [1.807, 2.05) is 0 Å². The van der Waals surface area contributed by atoms with Gasteiger partial charge in [-0.1, -0.05) is 18.2 Å². The van der Waals surface area contributed by atoms with Crippen LogP contribution in [0, 0.1) is 0 Å². The maximum Gasteiger partial charge on any atom is 0.431 e. The summed E-state index contributed by atoms with van der Waals surface area (Å²) in [5.74, 6) is -0.732. The number of hydrogen-bond acceptors (Lipinski definition) is 6. The zero-order valence-electron chi connectivity index (χ0n) is 18.6. The molecule has 0 aliphatic carbocycles. The number of alkyl halides is 3. The fourth-order valence-electron chi connectivity index (χ4n) is 3.23. The molecule has 1 atom stereocenters. The molecule has 1 aromatic heterocycles. The average molecular weight is 527 g/mol. The monoisotopic (exact) mass is 527 g/mol. The highest BCUT2D eigenvalue weighted by molar-refractivity contribution is 7.89. The Hall–Kier alpha value is -3.91. The molecule has 0 amide bonds. The fourth-order valence-corrected chi connectivity index (χ4v) is 4.58. The summed E-state index contributed by atoms with van der Waals surface area (Å²) in [6.07, 6.45) is -5.54. The number of ether oxygens (including phenoxy) is 1. The van der Waals surface area contributed by atoms with Crippen LogP contribution < -0.4 is 16.0 Å². The van der Waals surface area contributed by atoms with Crippen molar-refractivity contribution >= 4 is 16.0 Å². The number of hydrogen-bond donors (Lipinski definition) is 2. The molecule has 36 heavy (non-hydrogen) atoms. The van der Waals surface area contributed by atoms with Gasteiger partial charge in [-0.15, -0.1) is 0 Å². The molecule has 3 aromatic rings. The third kappa shape index (κ3) is 6.01. The molecule has 1 heterocycles. The van der Waals surface area contributed by atoms with Crippen molar-refractivity contribution in [1.82, 2.24) is 13.9 Å². The highest BCUT2D eigenvalue weighted by atomic mass is 32.2. The van der Waals surface area contributed by atoms with Gasteiger partial charge in [-0.3, -0.25) is 14.2 Å². The molecule has 192 valence electrons. The molecule has 0 bridgehead atoms. The van der Waals surface area contributed by atoms with Gasteiger partial charge in [0.1, 0.15) is 23.2 Å². The molecule has 0 aliphatic rings. The number of rotatable bonds is 9. The fraction of sp³-hybridized carbons (Fsp3) is 0.227. The zero-order valence-corrected chi connectivity index (χ0v) is 19.4. The van der Waals surface area contributed by atoms with Crippen LogP contribution in [0.4, 0.5) is 13.2 Å². The summed E-state index contributed by atoms with van der Waals surface area (Å²) in [5.41, 5.74) is -4.27. The van der Waals surface area contributed by atoms with Crippen LogP contribution in [0.1, 0.15) is 12.1 Å². The summed E-state index contributed by atoms with van der Waals surface area (Å²) in [5, 5.41) is 9.58. The molecule has 14 heteroatoms. The second-order valence-corrected chi connectivity index (χ2v) is 9.52. The first-order valence-electron chi connectivity index (χ1n) is 10.3. The van der Waals surface area contributed by atoms with Crippen molar-refractivity contribution in [3.05, 3.63) is 87.2 Å². The Labute approximate surface area is 202 Å². The molecule has 0 fully saturated rings. The van der Waals surface area contributed by atoms with E-state index in [-0.39, 0.29) is 11.0 Å². The van der Waals surface area contributed by atoms with Crippen LogP contribution in [0.5, 0.6) is 11.5 Å². The summed E-state index contributed by atoms with van der Waals surface area (Å²) in [6.45, 7) is -0.646. The van der Waals surface area contributed by atoms with E-state index in [1.165, 1.54) is 29.2 Å². The minimum absolute atomic E-state index is 0.163. The predicted molar refractivity (Wildman–Crippen MR) is 120 cm³/mol. The van der Waals surface area contributed by atoms with Gasteiger partial charge in [-0.25, -0.2) is 13.2 Å². The predicted octanol–water partition coefficient (Wildman–Crippen LogP) is 2.51. The number of nitrogens with one attached hydrogen (secondary N) is 1. The maximum absolute atomic E-state index is 13.0. The summed E-state index contributed by atoms with van der Waals surface area (Å²) in [6, 6.07) is 12.3. The van der Waals surface area contributed by atoms with Gasteiger partial charge < -0.3 is 14.8 Å². The van der Waals surface area contributed by atoms with E-state index in [9.17, 15) is 41.1 Å². The summed E-state index contributed by atoms with van der Waals surface area (Å²) in [4.78, 5) is 37.0. The van der Waals surface area contributed by atoms with Gasteiger partial charge in [0.05, 0.1) is 4.90 Å². The van der Waals surface area contributed by atoms with Gasteiger partial charge in [-0.2, -0.15) is 17.5 Å². The third-order valence-electron chi connectivity index (χ3n) is 5.16. The van der Waals surface area contributed by atoms with Gasteiger partial charge >= 0.3 is 17.8 Å². The maximum atomic E-state index is 13.0. The van der Waals surface area contributed by atoms with Crippen LogP contribution in [0.3, 0.4) is 0 Å². The molecular weight excluding hydrogens is 507 g/mol.